The van der Waals surface area contributed by atoms with Crippen molar-refractivity contribution in [2.75, 3.05) is 44.5 Å². The number of pyridine rings is 2. The van der Waals surface area contributed by atoms with Gasteiger partial charge in [0.05, 0.1) is 37.1 Å². The number of fused-ring (bicyclic) bond motifs is 1. The van der Waals surface area contributed by atoms with Crippen molar-refractivity contribution >= 4 is 34.4 Å². The van der Waals surface area contributed by atoms with E-state index in [-0.39, 0.29) is 17.7 Å². The number of aliphatic hydroxyl groups excluding tert-OH is 2. The van der Waals surface area contributed by atoms with E-state index in [1.807, 2.05) is 6.07 Å². The molecule has 1 aromatic carbocycles. The maximum atomic E-state index is 13.1. The molecule has 1 fully saturated rings. The third-order valence-corrected chi connectivity index (χ3v) is 7.54. The van der Waals surface area contributed by atoms with E-state index in [4.69, 9.17) is 15.6 Å². The number of benzene rings is 1. The summed E-state index contributed by atoms with van der Waals surface area (Å²) in [5.74, 6) is 0.575. The second-order valence-electron chi connectivity index (χ2n) is 10.4. The molecule has 12 nitrogen and oxygen atoms in total. The number of amides is 2. The van der Waals surface area contributed by atoms with Gasteiger partial charge < -0.3 is 30.9 Å². The van der Waals surface area contributed by atoms with Crippen LogP contribution in [0.15, 0.2) is 54.9 Å². The first kappa shape index (κ1) is 28.0. The summed E-state index contributed by atoms with van der Waals surface area (Å²) in [4.78, 5) is 36.1. The average molecular weight is 560 g/mol. The van der Waals surface area contributed by atoms with Crippen LogP contribution in [0.25, 0.3) is 16.6 Å². The van der Waals surface area contributed by atoms with Crippen molar-refractivity contribution in [1.82, 2.24) is 24.6 Å². The number of likely N-dealkylation sites (tertiary alicyclic amines) is 1. The van der Waals surface area contributed by atoms with Gasteiger partial charge in [-0.15, -0.1) is 0 Å². The van der Waals surface area contributed by atoms with Gasteiger partial charge in [-0.3, -0.25) is 9.59 Å². The number of nitrogens with one attached hydrogen (secondary N) is 1. The largest absolute Gasteiger partial charge is 0.497 e. The van der Waals surface area contributed by atoms with E-state index in [0.29, 0.717) is 47.2 Å². The molecule has 1 aliphatic heterocycles. The normalized spacial score (nSPS) is 15.6. The van der Waals surface area contributed by atoms with Crippen molar-refractivity contribution in [3.05, 3.63) is 66.1 Å². The number of anilines is 2. The smallest absolute Gasteiger partial charge is 0.256 e. The van der Waals surface area contributed by atoms with E-state index >= 15 is 0 Å². The van der Waals surface area contributed by atoms with Crippen LogP contribution in [-0.2, 0) is 4.79 Å². The minimum absolute atomic E-state index is 0.0831. The van der Waals surface area contributed by atoms with Gasteiger partial charge >= 0.3 is 0 Å². The number of nitrogen functional groups attached to an aromatic ring is 1. The average Bonchev–Trinajstić information content (AvgIpc) is 3.41. The number of aromatic nitrogens is 4. The lowest BCUT2D eigenvalue weighted by Gasteiger charge is -2.37. The summed E-state index contributed by atoms with van der Waals surface area (Å²) in [5, 5.41) is 28.0. The Morgan fingerprint density at radius 2 is 1.85 bits per heavy atom. The Morgan fingerprint density at radius 1 is 1.12 bits per heavy atom. The molecule has 0 radical (unpaired) electrons. The van der Waals surface area contributed by atoms with Crippen molar-refractivity contribution in [3.8, 4) is 11.4 Å². The van der Waals surface area contributed by atoms with Crippen LogP contribution in [0, 0.1) is 5.41 Å². The number of hydrogen-bond acceptors (Lipinski definition) is 9. The Labute approximate surface area is 236 Å². The van der Waals surface area contributed by atoms with E-state index in [1.165, 1.54) is 0 Å². The van der Waals surface area contributed by atoms with Crippen molar-refractivity contribution in [2.24, 2.45) is 5.41 Å². The number of ether oxygens (including phenoxy) is 1. The molecular weight excluding hydrogens is 526 g/mol. The number of piperidine rings is 1. The van der Waals surface area contributed by atoms with E-state index in [1.54, 1.807) is 72.4 Å². The predicted molar refractivity (Wildman–Crippen MR) is 153 cm³/mol. The lowest BCUT2D eigenvalue weighted by molar-refractivity contribution is -0.147. The molecule has 41 heavy (non-hydrogen) atoms. The molecule has 0 saturated carbocycles. The first-order valence-electron chi connectivity index (χ1n) is 13.3. The lowest BCUT2D eigenvalue weighted by Crippen LogP contribution is -2.49. The number of rotatable bonds is 8. The van der Waals surface area contributed by atoms with Gasteiger partial charge in [0.15, 0.2) is 0 Å². The molecule has 12 heteroatoms. The molecule has 3 aromatic heterocycles. The van der Waals surface area contributed by atoms with Gasteiger partial charge in [0, 0.05) is 48.4 Å². The highest BCUT2D eigenvalue weighted by Gasteiger charge is 2.38. The molecule has 1 saturated heterocycles. The Morgan fingerprint density at radius 3 is 2.56 bits per heavy atom. The molecule has 0 unspecified atom stereocenters. The molecule has 1 aliphatic rings. The number of nitrogens with zero attached hydrogens (tertiary/aromatic N) is 5. The second kappa shape index (κ2) is 11.5. The fourth-order valence-electron chi connectivity index (χ4n) is 5.10. The van der Waals surface area contributed by atoms with Crippen molar-refractivity contribution in [1.29, 1.82) is 0 Å². The molecule has 0 aliphatic carbocycles. The number of hydrogen-bond donors (Lipinski definition) is 4. The summed E-state index contributed by atoms with van der Waals surface area (Å²) in [7, 11) is 1.54. The molecule has 2 amide bonds. The molecule has 5 rings (SSSR count). The van der Waals surface area contributed by atoms with Crippen molar-refractivity contribution in [2.45, 2.75) is 25.7 Å². The standard InChI is InChI=1S/C29H33N7O5/c1-29(16-37,17-38)28(40)35-13-3-4-19(15-35)24-22-10-12-32-26(30)25(22)36(34-24)20-7-5-18(6-8-20)27(39)33-23-14-21(41-2)9-11-31-23/h5-12,14,19,37-38H,3-4,13,15-17H2,1-2H3,(H2,30,32)(H,31,33,39)/t19-/m1/s1. The summed E-state index contributed by atoms with van der Waals surface area (Å²) in [6.07, 6.45) is 4.75. The monoisotopic (exact) mass is 559 g/mol. The molecule has 4 aromatic rings. The van der Waals surface area contributed by atoms with E-state index in [2.05, 4.69) is 15.3 Å². The third kappa shape index (κ3) is 5.43. The Balaban J connectivity index is 1.43. The molecule has 0 spiro atoms. The first-order valence-corrected chi connectivity index (χ1v) is 13.3. The van der Waals surface area contributed by atoms with Crippen LogP contribution in [0.3, 0.4) is 0 Å². The maximum Gasteiger partial charge on any atom is 0.256 e. The van der Waals surface area contributed by atoms with E-state index in [9.17, 15) is 19.8 Å². The second-order valence-corrected chi connectivity index (χ2v) is 10.4. The molecule has 1 atom stereocenters. The van der Waals surface area contributed by atoms with Crippen LogP contribution < -0.4 is 15.8 Å². The summed E-state index contributed by atoms with van der Waals surface area (Å²) in [6.45, 7) is 1.63. The fourth-order valence-corrected chi connectivity index (χ4v) is 5.10. The maximum absolute atomic E-state index is 13.1. The number of aliphatic hydroxyl groups is 2. The summed E-state index contributed by atoms with van der Waals surface area (Å²) in [5.41, 5.74) is 7.62. The van der Waals surface area contributed by atoms with Crippen molar-refractivity contribution < 1.29 is 24.5 Å². The van der Waals surface area contributed by atoms with E-state index in [0.717, 1.165) is 23.9 Å². The zero-order valence-electron chi connectivity index (χ0n) is 22.9. The van der Waals surface area contributed by atoms with Crippen LogP contribution in [0.1, 0.15) is 41.7 Å². The predicted octanol–water partition coefficient (Wildman–Crippen LogP) is 2.36. The minimum Gasteiger partial charge on any atom is -0.497 e. The lowest BCUT2D eigenvalue weighted by atomic mass is 9.87. The summed E-state index contributed by atoms with van der Waals surface area (Å²) < 4.78 is 6.90. The zero-order valence-corrected chi connectivity index (χ0v) is 22.9. The minimum atomic E-state index is -1.24. The first-order chi connectivity index (χ1) is 19.8. The Kier molecular flexibility index (Phi) is 7.86. The van der Waals surface area contributed by atoms with Crippen LogP contribution in [0.2, 0.25) is 0 Å². The Hall–Kier alpha value is -4.55. The number of methoxy groups -OCH3 is 1. The van der Waals surface area contributed by atoms with Gasteiger partial charge in [0.1, 0.15) is 22.9 Å². The van der Waals surface area contributed by atoms with Crippen molar-refractivity contribution in [3.63, 3.8) is 0 Å². The number of carbonyl (C=O) groups is 2. The van der Waals surface area contributed by atoms with Gasteiger partial charge in [0.2, 0.25) is 5.91 Å². The topological polar surface area (TPSA) is 169 Å². The number of nitrogens with two attached hydrogens (primary N) is 1. The number of carbonyl (C=O) groups excluding carboxylic acids is 2. The third-order valence-electron chi connectivity index (χ3n) is 7.54. The zero-order chi connectivity index (χ0) is 29.1. The van der Waals surface area contributed by atoms with E-state index < -0.39 is 18.6 Å². The van der Waals surface area contributed by atoms with Gasteiger partial charge in [-0.1, -0.05) is 0 Å². The highest BCUT2D eigenvalue weighted by atomic mass is 16.5. The van der Waals surface area contributed by atoms with Crippen LogP contribution >= 0.6 is 0 Å². The van der Waals surface area contributed by atoms with Gasteiger partial charge in [0.25, 0.3) is 5.91 Å². The quantitative estimate of drug-likeness (QED) is 0.253. The molecule has 4 heterocycles. The summed E-state index contributed by atoms with van der Waals surface area (Å²) in [6, 6.07) is 12.1. The van der Waals surface area contributed by atoms with Crippen LogP contribution in [0.5, 0.6) is 5.75 Å². The van der Waals surface area contributed by atoms with Crippen LogP contribution in [-0.4, -0.2) is 80.1 Å². The molecule has 5 N–H and O–H groups in total. The highest BCUT2D eigenvalue weighted by molar-refractivity contribution is 6.04. The summed E-state index contributed by atoms with van der Waals surface area (Å²) >= 11 is 0. The Bertz CT molecular complexity index is 1570. The molecule has 214 valence electrons. The molecule has 0 bridgehead atoms. The SMILES string of the molecule is COc1ccnc(NC(=O)c2ccc(-n3nc([C@@H]4CCCN(C(=O)C(C)(CO)CO)C4)c4ccnc(N)c43)cc2)c1. The van der Waals surface area contributed by atoms with Gasteiger partial charge in [-0.2, -0.15) is 5.10 Å². The van der Waals surface area contributed by atoms with Gasteiger partial charge in [-0.25, -0.2) is 14.6 Å². The van der Waals surface area contributed by atoms with Crippen LogP contribution in [0.4, 0.5) is 11.6 Å². The highest BCUT2D eigenvalue weighted by Crippen LogP contribution is 2.35. The molecular formula is C29H33N7O5. The van der Waals surface area contributed by atoms with Gasteiger partial charge in [-0.05, 0) is 56.2 Å². The fraction of sp³-hybridized carbons (Fsp3) is 0.345.